The summed E-state index contributed by atoms with van der Waals surface area (Å²) in [7, 11) is 0. The molecule has 0 aliphatic rings. The van der Waals surface area contributed by atoms with E-state index in [9.17, 15) is 0 Å². The van der Waals surface area contributed by atoms with E-state index in [1.54, 1.807) is 0 Å². The van der Waals surface area contributed by atoms with Crippen LogP contribution in [0.15, 0.2) is 55.1 Å². The first kappa shape index (κ1) is 9.78. The molecule has 76 valence electrons. The van der Waals surface area contributed by atoms with Gasteiger partial charge in [0.1, 0.15) is 0 Å². The van der Waals surface area contributed by atoms with E-state index in [-0.39, 0.29) is 6.04 Å². The summed E-state index contributed by atoms with van der Waals surface area (Å²) in [6.45, 7) is 5.87. The zero-order chi connectivity index (χ0) is 10.7. The summed E-state index contributed by atoms with van der Waals surface area (Å²) in [6, 6.07) is 15.0. The third-order valence-corrected chi connectivity index (χ3v) is 2.53. The van der Waals surface area contributed by atoms with E-state index in [4.69, 9.17) is 0 Å². The minimum atomic E-state index is 0.288. The molecule has 0 aliphatic heterocycles. The van der Waals surface area contributed by atoms with Crippen molar-refractivity contribution in [3.8, 4) is 0 Å². The van der Waals surface area contributed by atoms with E-state index in [0.29, 0.717) is 0 Å². The molecule has 0 amide bonds. The lowest BCUT2D eigenvalue weighted by atomic mass is 10.1. The third kappa shape index (κ3) is 2.01. The van der Waals surface area contributed by atoms with Crippen LogP contribution in [0.3, 0.4) is 0 Å². The highest BCUT2D eigenvalue weighted by Gasteiger charge is 2.01. The van der Waals surface area contributed by atoms with Crippen molar-refractivity contribution in [2.45, 2.75) is 13.0 Å². The highest BCUT2D eigenvalue weighted by atomic mass is 14.9. The number of hydrogen-bond acceptors (Lipinski definition) is 1. The molecule has 0 saturated carbocycles. The molecule has 0 aliphatic carbocycles. The van der Waals surface area contributed by atoms with E-state index in [0.717, 1.165) is 0 Å². The summed E-state index contributed by atoms with van der Waals surface area (Å²) < 4.78 is 0. The molecule has 2 aromatic rings. The van der Waals surface area contributed by atoms with Crippen LogP contribution < -0.4 is 5.32 Å². The molecular formula is C14H15N. The molecule has 1 unspecified atom stereocenters. The summed E-state index contributed by atoms with van der Waals surface area (Å²) in [5.41, 5.74) is 1.17. The number of anilines is 1. The molecule has 1 N–H and O–H groups in total. The van der Waals surface area contributed by atoms with Crippen LogP contribution in [0.2, 0.25) is 0 Å². The molecule has 0 heterocycles. The van der Waals surface area contributed by atoms with Crippen molar-refractivity contribution in [3.63, 3.8) is 0 Å². The van der Waals surface area contributed by atoms with E-state index >= 15 is 0 Å². The Bertz CT molecular complexity index is 468. The molecule has 15 heavy (non-hydrogen) atoms. The van der Waals surface area contributed by atoms with Gasteiger partial charge in [-0.15, -0.1) is 6.58 Å². The van der Waals surface area contributed by atoms with Gasteiger partial charge in [-0.2, -0.15) is 0 Å². The average Bonchev–Trinajstić information content (AvgIpc) is 2.29. The number of nitrogens with one attached hydrogen (secondary N) is 1. The van der Waals surface area contributed by atoms with Crippen LogP contribution in [-0.2, 0) is 0 Å². The van der Waals surface area contributed by atoms with E-state index in [1.807, 2.05) is 6.08 Å². The van der Waals surface area contributed by atoms with Crippen molar-refractivity contribution in [2.75, 3.05) is 5.32 Å². The maximum atomic E-state index is 3.77. The standard InChI is InChI=1S/C14H15N/c1-3-11(2)15-14-10-6-8-12-7-4-5-9-13(12)14/h3-11,15H,1H2,2H3. The third-order valence-electron chi connectivity index (χ3n) is 2.53. The van der Waals surface area contributed by atoms with Crippen molar-refractivity contribution in [1.29, 1.82) is 0 Å². The Balaban J connectivity index is 2.46. The van der Waals surface area contributed by atoms with E-state index in [2.05, 4.69) is 61.3 Å². The van der Waals surface area contributed by atoms with Crippen LogP contribution in [0.25, 0.3) is 10.8 Å². The molecule has 0 saturated heterocycles. The van der Waals surface area contributed by atoms with Gasteiger partial charge in [-0.05, 0) is 18.4 Å². The normalized spacial score (nSPS) is 12.3. The maximum absolute atomic E-state index is 3.77. The molecule has 1 nitrogen and oxygen atoms in total. The lowest BCUT2D eigenvalue weighted by Gasteiger charge is -2.13. The fourth-order valence-corrected chi connectivity index (χ4v) is 1.66. The summed E-state index contributed by atoms with van der Waals surface area (Å²) in [5.74, 6) is 0. The molecule has 2 rings (SSSR count). The van der Waals surface area contributed by atoms with Gasteiger partial charge in [-0.1, -0.05) is 42.5 Å². The fourth-order valence-electron chi connectivity index (χ4n) is 1.66. The number of rotatable bonds is 3. The predicted octanol–water partition coefficient (Wildman–Crippen LogP) is 3.83. The van der Waals surface area contributed by atoms with E-state index < -0.39 is 0 Å². The highest BCUT2D eigenvalue weighted by Crippen LogP contribution is 2.23. The van der Waals surface area contributed by atoms with Crippen molar-refractivity contribution < 1.29 is 0 Å². The topological polar surface area (TPSA) is 12.0 Å². The molecular weight excluding hydrogens is 182 g/mol. The summed E-state index contributed by atoms with van der Waals surface area (Å²) >= 11 is 0. The number of benzene rings is 2. The largest absolute Gasteiger partial charge is 0.379 e. The summed E-state index contributed by atoms with van der Waals surface area (Å²) in [6.07, 6.45) is 1.90. The van der Waals surface area contributed by atoms with Gasteiger partial charge in [0.05, 0.1) is 0 Å². The minimum absolute atomic E-state index is 0.288. The molecule has 2 aromatic carbocycles. The van der Waals surface area contributed by atoms with Crippen molar-refractivity contribution in [3.05, 3.63) is 55.1 Å². The zero-order valence-corrected chi connectivity index (χ0v) is 8.90. The Morgan fingerprint density at radius 3 is 2.67 bits per heavy atom. The van der Waals surface area contributed by atoms with Gasteiger partial charge in [0.2, 0.25) is 0 Å². The smallest absolute Gasteiger partial charge is 0.0424 e. The maximum Gasteiger partial charge on any atom is 0.0424 e. The number of hydrogen-bond donors (Lipinski definition) is 1. The minimum Gasteiger partial charge on any atom is -0.379 e. The molecule has 1 atom stereocenters. The zero-order valence-electron chi connectivity index (χ0n) is 8.90. The average molecular weight is 197 g/mol. The van der Waals surface area contributed by atoms with Crippen LogP contribution in [-0.4, -0.2) is 6.04 Å². The molecule has 0 spiro atoms. The quantitative estimate of drug-likeness (QED) is 0.737. The molecule has 1 heteroatoms. The second kappa shape index (κ2) is 4.18. The van der Waals surface area contributed by atoms with Gasteiger partial charge in [0.25, 0.3) is 0 Å². The molecule has 0 aromatic heterocycles. The van der Waals surface area contributed by atoms with Crippen LogP contribution in [0, 0.1) is 0 Å². The SMILES string of the molecule is C=CC(C)Nc1cccc2ccccc12. The van der Waals surface area contributed by atoms with Crippen molar-refractivity contribution in [2.24, 2.45) is 0 Å². The Labute approximate surface area is 90.4 Å². The fraction of sp³-hybridized carbons (Fsp3) is 0.143. The summed E-state index contributed by atoms with van der Waals surface area (Å²) in [5, 5.41) is 5.94. The van der Waals surface area contributed by atoms with Crippen LogP contribution >= 0.6 is 0 Å². The Morgan fingerprint density at radius 2 is 1.87 bits per heavy atom. The van der Waals surface area contributed by atoms with Gasteiger partial charge >= 0.3 is 0 Å². The second-order valence-electron chi connectivity index (χ2n) is 3.70. The van der Waals surface area contributed by atoms with Crippen molar-refractivity contribution >= 4 is 16.5 Å². The monoisotopic (exact) mass is 197 g/mol. The van der Waals surface area contributed by atoms with Crippen LogP contribution in [0.5, 0.6) is 0 Å². The van der Waals surface area contributed by atoms with Gasteiger partial charge in [0, 0.05) is 17.1 Å². The first-order valence-corrected chi connectivity index (χ1v) is 5.18. The highest BCUT2D eigenvalue weighted by molar-refractivity contribution is 5.93. The first-order valence-electron chi connectivity index (χ1n) is 5.18. The van der Waals surface area contributed by atoms with Crippen LogP contribution in [0.4, 0.5) is 5.69 Å². The van der Waals surface area contributed by atoms with E-state index in [1.165, 1.54) is 16.5 Å². The molecule has 0 fully saturated rings. The van der Waals surface area contributed by atoms with Gasteiger partial charge < -0.3 is 5.32 Å². The predicted molar refractivity (Wildman–Crippen MR) is 67.2 cm³/mol. The first-order chi connectivity index (χ1) is 7.31. The number of fused-ring (bicyclic) bond motifs is 1. The second-order valence-corrected chi connectivity index (χ2v) is 3.70. The Hall–Kier alpha value is -1.76. The lowest BCUT2D eigenvalue weighted by Crippen LogP contribution is -2.11. The van der Waals surface area contributed by atoms with Crippen molar-refractivity contribution in [1.82, 2.24) is 0 Å². The van der Waals surface area contributed by atoms with Gasteiger partial charge in [-0.3, -0.25) is 0 Å². The Morgan fingerprint density at radius 1 is 1.13 bits per heavy atom. The molecule has 0 radical (unpaired) electrons. The van der Waals surface area contributed by atoms with Gasteiger partial charge in [0.15, 0.2) is 0 Å². The summed E-state index contributed by atoms with van der Waals surface area (Å²) in [4.78, 5) is 0. The molecule has 0 bridgehead atoms. The lowest BCUT2D eigenvalue weighted by molar-refractivity contribution is 1.00. The Kier molecular flexibility index (Phi) is 2.72. The van der Waals surface area contributed by atoms with Crippen LogP contribution in [0.1, 0.15) is 6.92 Å². The van der Waals surface area contributed by atoms with Gasteiger partial charge in [-0.25, -0.2) is 0 Å².